The Morgan fingerprint density at radius 1 is 1.12 bits per heavy atom. The van der Waals surface area contributed by atoms with Gasteiger partial charge in [-0.15, -0.1) is 0 Å². The van der Waals surface area contributed by atoms with Crippen molar-refractivity contribution in [3.05, 3.63) is 64.9 Å². The number of nitrogens with zero attached hydrogens (tertiary/aromatic N) is 1. The van der Waals surface area contributed by atoms with Gasteiger partial charge in [0.2, 0.25) is 0 Å². The second-order valence-electron chi connectivity index (χ2n) is 8.41. The number of aromatic nitrogens is 1. The lowest BCUT2D eigenvalue weighted by molar-refractivity contribution is -0.139. The molecule has 3 aromatic rings. The fourth-order valence-electron chi connectivity index (χ4n) is 4.74. The third kappa shape index (κ3) is 3.44. The van der Waals surface area contributed by atoms with Crippen molar-refractivity contribution >= 4 is 28.4 Å². The first kappa shape index (κ1) is 21.1. The average molecular weight is 447 g/mol. The van der Waals surface area contributed by atoms with Crippen LogP contribution in [0.2, 0.25) is 0 Å². The minimum Gasteiger partial charge on any atom is -0.507 e. The van der Waals surface area contributed by atoms with Crippen molar-refractivity contribution in [2.45, 2.75) is 32.7 Å². The van der Waals surface area contributed by atoms with Crippen LogP contribution in [-0.4, -0.2) is 46.4 Å². The Balaban J connectivity index is 1.71. The summed E-state index contributed by atoms with van der Waals surface area (Å²) in [5.74, 6) is -0.375. The topological polar surface area (TPSA) is 91.9 Å². The van der Waals surface area contributed by atoms with Crippen LogP contribution in [0.4, 0.5) is 0 Å². The predicted molar refractivity (Wildman–Crippen MR) is 124 cm³/mol. The molecule has 0 spiro atoms. The van der Waals surface area contributed by atoms with E-state index in [1.165, 1.54) is 0 Å². The normalized spacial score (nSPS) is 19.5. The number of likely N-dealkylation sites (tertiary alicyclic amines) is 1. The third-order valence-electron chi connectivity index (χ3n) is 6.32. The highest BCUT2D eigenvalue weighted by atomic mass is 16.6. The molecule has 2 aliphatic heterocycles. The van der Waals surface area contributed by atoms with E-state index in [2.05, 4.69) is 4.98 Å². The van der Waals surface area contributed by atoms with Gasteiger partial charge in [-0.1, -0.05) is 31.5 Å². The number of hydrogen-bond acceptors (Lipinski definition) is 5. The molecule has 3 heterocycles. The molecule has 1 saturated heterocycles. The van der Waals surface area contributed by atoms with E-state index in [-0.39, 0.29) is 11.3 Å². The Labute approximate surface area is 191 Å². The van der Waals surface area contributed by atoms with Crippen LogP contribution in [0, 0.1) is 6.92 Å². The van der Waals surface area contributed by atoms with Gasteiger partial charge in [0, 0.05) is 34.3 Å². The first-order valence-corrected chi connectivity index (χ1v) is 11.3. The number of benzene rings is 2. The number of ether oxygens (including phenoxy) is 2. The van der Waals surface area contributed by atoms with Crippen molar-refractivity contribution in [2.24, 2.45) is 0 Å². The number of carbonyl (C=O) groups is 2. The maximum atomic E-state index is 13.3. The molecule has 1 amide bonds. The highest BCUT2D eigenvalue weighted by Gasteiger charge is 2.47. The smallest absolute Gasteiger partial charge is 0.295 e. The van der Waals surface area contributed by atoms with Crippen molar-refractivity contribution in [3.63, 3.8) is 0 Å². The monoisotopic (exact) mass is 446 g/mol. The van der Waals surface area contributed by atoms with Gasteiger partial charge in [0.15, 0.2) is 11.5 Å². The molecule has 0 radical (unpaired) electrons. The number of Topliss-reactive ketones (excluding diaryl/α,β-unsaturated/α-hetero) is 1. The molecule has 2 aliphatic rings. The summed E-state index contributed by atoms with van der Waals surface area (Å²) < 4.78 is 11.2. The number of para-hydroxylation sites is 1. The number of aliphatic hydroxyl groups is 1. The molecule has 2 aromatic carbocycles. The molecule has 0 bridgehead atoms. The lowest BCUT2D eigenvalue weighted by atomic mass is 9.93. The second kappa shape index (κ2) is 8.31. The lowest BCUT2D eigenvalue weighted by Gasteiger charge is -2.25. The molecule has 170 valence electrons. The number of nitrogens with one attached hydrogen (secondary N) is 1. The molecule has 7 heteroatoms. The third-order valence-corrected chi connectivity index (χ3v) is 6.32. The summed E-state index contributed by atoms with van der Waals surface area (Å²) in [7, 11) is 0. The van der Waals surface area contributed by atoms with Crippen LogP contribution in [0.1, 0.15) is 42.6 Å². The molecule has 0 saturated carbocycles. The summed E-state index contributed by atoms with van der Waals surface area (Å²) in [4.78, 5) is 31.3. The van der Waals surface area contributed by atoms with Crippen molar-refractivity contribution < 1.29 is 24.2 Å². The van der Waals surface area contributed by atoms with Gasteiger partial charge in [-0.3, -0.25) is 9.59 Å². The number of aryl methyl sites for hydroxylation is 1. The van der Waals surface area contributed by atoms with E-state index < -0.39 is 17.7 Å². The average Bonchev–Trinajstić information content (AvgIpc) is 3.29. The molecule has 7 nitrogen and oxygen atoms in total. The number of ketones is 1. The summed E-state index contributed by atoms with van der Waals surface area (Å²) in [6.45, 7) is 5.27. The van der Waals surface area contributed by atoms with Crippen molar-refractivity contribution in [3.8, 4) is 11.5 Å². The maximum Gasteiger partial charge on any atom is 0.295 e. The number of amides is 1. The molecule has 2 N–H and O–H groups in total. The fourth-order valence-corrected chi connectivity index (χ4v) is 4.74. The van der Waals surface area contributed by atoms with Gasteiger partial charge in [-0.05, 0) is 37.6 Å². The van der Waals surface area contributed by atoms with Gasteiger partial charge in [-0.25, -0.2) is 0 Å². The van der Waals surface area contributed by atoms with Gasteiger partial charge in [0.1, 0.15) is 19.0 Å². The van der Waals surface area contributed by atoms with E-state index in [1.54, 1.807) is 23.1 Å². The molecule has 1 atom stereocenters. The fraction of sp³-hybridized carbons (Fsp3) is 0.308. The minimum atomic E-state index is -0.680. The molecule has 1 fully saturated rings. The zero-order chi connectivity index (χ0) is 23.1. The lowest BCUT2D eigenvalue weighted by Crippen LogP contribution is -2.30. The molecular formula is C26H26N2O5. The molecular weight excluding hydrogens is 420 g/mol. The Bertz CT molecular complexity index is 1290. The zero-order valence-electron chi connectivity index (χ0n) is 18.7. The number of H-pyrrole nitrogens is 1. The van der Waals surface area contributed by atoms with Crippen LogP contribution in [0.3, 0.4) is 0 Å². The van der Waals surface area contributed by atoms with E-state index >= 15 is 0 Å². The summed E-state index contributed by atoms with van der Waals surface area (Å²) in [6, 6.07) is 12.2. The molecule has 33 heavy (non-hydrogen) atoms. The number of aromatic amines is 1. The summed E-state index contributed by atoms with van der Waals surface area (Å²) in [5, 5.41) is 12.3. The number of hydrogen-bond donors (Lipinski definition) is 2. The van der Waals surface area contributed by atoms with Crippen LogP contribution in [0.15, 0.2) is 48.0 Å². The summed E-state index contributed by atoms with van der Waals surface area (Å²) in [5.41, 5.74) is 3.12. The Morgan fingerprint density at radius 2 is 1.88 bits per heavy atom. The van der Waals surface area contributed by atoms with Crippen molar-refractivity contribution in [2.75, 3.05) is 19.8 Å². The first-order valence-electron chi connectivity index (χ1n) is 11.3. The van der Waals surface area contributed by atoms with Crippen molar-refractivity contribution in [1.29, 1.82) is 0 Å². The number of rotatable bonds is 5. The van der Waals surface area contributed by atoms with Crippen LogP contribution in [-0.2, 0) is 9.59 Å². The quantitative estimate of drug-likeness (QED) is 0.343. The number of aliphatic hydroxyl groups excluding tert-OH is 1. The first-order chi connectivity index (χ1) is 16.0. The van der Waals surface area contributed by atoms with Gasteiger partial charge >= 0.3 is 0 Å². The highest BCUT2D eigenvalue weighted by molar-refractivity contribution is 6.46. The number of carbonyl (C=O) groups excluding carboxylic acids is 2. The van der Waals surface area contributed by atoms with E-state index in [0.717, 1.165) is 35.0 Å². The molecule has 1 unspecified atom stereocenters. The SMILES string of the molecule is CCCCN1C(=O)C(=O)/C(=C(/O)c2ccc3c(c2)OCCO3)C1c1c(C)[nH]c2ccccc12. The van der Waals surface area contributed by atoms with Gasteiger partial charge in [-0.2, -0.15) is 0 Å². The minimum absolute atomic E-state index is 0.0978. The summed E-state index contributed by atoms with van der Waals surface area (Å²) >= 11 is 0. The standard InChI is InChI=1S/C26H26N2O5/c1-3-4-11-28-23(21-15(2)27-18-8-6-5-7-17(18)21)22(25(30)26(28)31)24(29)16-9-10-19-20(14-16)33-13-12-32-19/h5-10,14,23,27,29H,3-4,11-13H2,1-2H3/b24-22+. The van der Waals surface area contributed by atoms with E-state index in [1.807, 2.05) is 38.1 Å². The maximum absolute atomic E-state index is 13.3. The largest absolute Gasteiger partial charge is 0.507 e. The zero-order valence-corrected chi connectivity index (χ0v) is 18.7. The Morgan fingerprint density at radius 3 is 2.67 bits per heavy atom. The second-order valence-corrected chi connectivity index (χ2v) is 8.41. The van der Waals surface area contributed by atoms with E-state index in [4.69, 9.17) is 9.47 Å². The number of unbranched alkanes of at least 4 members (excludes halogenated alkanes) is 1. The van der Waals surface area contributed by atoms with Crippen LogP contribution in [0.25, 0.3) is 16.7 Å². The van der Waals surface area contributed by atoms with Crippen LogP contribution < -0.4 is 9.47 Å². The van der Waals surface area contributed by atoms with Crippen LogP contribution >= 0.6 is 0 Å². The number of fused-ring (bicyclic) bond motifs is 2. The Kier molecular flexibility index (Phi) is 5.32. The predicted octanol–water partition coefficient (Wildman–Crippen LogP) is 4.47. The molecule has 0 aliphatic carbocycles. The van der Waals surface area contributed by atoms with E-state index in [0.29, 0.717) is 36.8 Å². The molecule has 1 aromatic heterocycles. The van der Waals surface area contributed by atoms with Crippen LogP contribution in [0.5, 0.6) is 11.5 Å². The highest BCUT2D eigenvalue weighted by Crippen LogP contribution is 2.44. The van der Waals surface area contributed by atoms with Gasteiger partial charge in [0.05, 0.1) is 11.6 Å². The van der Waals surface area contributed by atoms with Crippen molar-refractivity contribution in [1.82, 2.24) is 9.88 Å². The van der Waals surface area contributed by atoms with E-state index in [9.17, 15) is 14.7 Å². The van der Waals surface area contributed by atoms with Gasteiger partial charge in [0.25, 0.3) is 11.7 Å². The Hall–Kier alpha value is -3.74. The summed E-state index contributed by atoms with van der Waals surface area (Å²) in [6.07, 6.45) is 1.64. The molecule has 5 rings (SSSR count). The van der Waals surface area contributed by atoms with Gasteiger partial charge < -0.3 is 24.5 Å².